The molecule has 0 aliphatic heterocycles. The number of aliphatic hydroxyl groups excluding tert-OH is 1. The molecule has 21 heavy (non-hydrogen) atoms. The quantitative estimate of drug-likeness (QED) is 0.642. The molecule has 0 amide bonds. The molecule has 0 bridgehead atoms. The summed E-state index contributed by atoms with van der Waals surface area (Å²) in [5.41, 5.74) is 5.49. The Hall–Kier alpha value is -1.56. The second-order valence-corrected chi connectivity index (χ2v) is 6.19. The Morgan fingerprint density at radius 1 is 1.43 bits per heavy atom. The summed E-state index contributed by atoms with van der Waals surface area (Å²) in [6.45, 7) is 5.28. The molecule has 1 saturated carbocycles. The smallest absolute Gasteiger partial charge is 0.223 e. The highest BCUT2D eigenvalue weighted by molar-refractivity contribution is 5.52. The van der Waals surface area contributed by atoms with Crippen LogP contribution in [0.25, 0.3) is 0 Å². The van der Waals surface area contributed by atoms with E-state index in [0.717, 1.165) is 38.0 Å². The number of nitrogens with two attached hydrogens (primary N) is 1. The van der Waals surface area contributed by atoms with Crippen molar-refractivity contribution in [2.45, 2.75) is 51.5 Å². The molecule has 1 aliphatic rings. The van der Waals surface area contributed by atoms with Crippen LogP contribution in [-0.2, 0) is 0 Å². The molecule has 6 nitrogen and oxygen atoms in total. The van der Waals surface area contributed by atoms with Gasteiger partial charge in [0.05, 0.1) is 12.1 Å². The zero-order valence-electron chi connectivity index (χ0n) is 13.0. The highest BCUT2D eigenvalue weighted by Crippen LogP contribution is 2.34. The highest BCUT2D eigenvalue weighted by atomic mass is 16.3. The van der Waals surface area contributed by atoms with Gasteiger partial charge in [0.15, 0.2) is 0 Å². The lowest BCUT2D eigenvalue weighted by molar-refractivity contribution is 0.149. The maximum absolute atomic E-state index is 9.85. The molecular weight excluding hydrogens is 266 g/mol. The molecule has 0 radical (unpaired) electrons. The van der Waals surface area contributed by atoms with Crippen molar-refractivity contribution in [3.8, 4) is 0 Å². The average molecular weight is 293 g/mol. The average Bonchev–Trinajstić information content (AvgIpc) is 2.44. The van der Waals surface area contributed by atoms with Crippen molar-refractivity contribution in [3.05, 3.63) is 6.07 Å². The molecule has 2 unspecified atom stereocenters. The molecule has 0 saturated heterocycles. The predicted octanol–water partition coefficient (Wildman–Crippen LogP) is 2.23. The lowest BCUT2D eigenvalue weighted by atomic mass is 9.77. The second-order valence-electron chi connectivity index (χ2n) is 6.19. The number of nitrogens with one attached hydrogen (secondary N) is 2. The fourth-order valence-corrected chi connectivity index (χ4v) is 3.10. The standard InChI is InChI=1S/C15H27N5O/c1-3-7-17-12-8-13(19-14(16)18-12)20-15(10-21)6-4-5-11(2)9-15/h8,11,21H,3-7,9-10H2,1-2H3,(H4,16,17,18,19,20). The number of aliphatic hydroxyl groups is 1. The summed E-state index contributed by atoms with van der Waals surface area (Å²) in [7, 11) is 0. The molecule has 5 N–H and O–H groups in total. The van der Waals surface area contributed by atoms with Crippen LogP contribution in [-0.4, -0.2) is 33.8 Å². The molecule has 2 atom stereocenters. The maximum atomic E-state index is 9.85. The number of aromatic nitrogens is 2. The molecule has 6 heteroatoms. The van der Waals surface area contributed by atoms with Gasteiger partial charge in [0.25, 0.3) is 0 Å². The van der Waals surface area contributed by atoms with Gasteiger partial charge in [0.2, 0.25) is 5.95 Å². The van der Waals surface area contributed by atoms with Crippen LogP contribution in [0.3, 0.4) is 0 Å². The SMILES string of the molecule is CCCNc1cc(NC2(CO)CCCC(C)C2)nc(N)n1. The van der Waals surface area contributed by atoms with Crippen molar-refractivity contribution < 1.29 is 5.11 Å². The summed E-state index contributed by atoms with van der Waals surface area (Å²) >= 11 is 0. The van der Waals surface area contributed by atoms with Gasteiger partial charge in [0.1, 0.15) is 11.6 Å². The summed E-state index contributed by atoms with van der Waals surface area (Å²) in [5.74, 6) is 2.26. The van der Waals surface area contributed by atoms with Crippen LogP contribution < -0.4 is 16.4 Å². The Bertz CT molecular complexity index is 467. The maximum Gasteiger partial charge on any atom is 0.223 e. The molecule has 1 fully saturated rings. The van der Waals surface area contributed by atoms with E-state index in [0.29, 0.717) is 11.7 Å². The first-order valence-corrected chi connectivity index (χ1v) is 7.84. The van der Waals surface area contributed by atoms with Crippen LogP contribution in [0.5, 0.6) is 0 Å². The first-order valence-electron chi connectivity index (χ1n) is 7.84. The summed E-state index contributed by atoms with van der Waals surface area (Å²) in [6.07, 6.45) is 5.26. The largest absolute Gasteiger partial charge is 0.394 e. The van der Waals surface area contributed by atoms with Crippen molar-refractivity contribution in [2.24, 2.45) is 5.92 Å². The number of anilines is 3. The van der Waals surface area contributed by atoms with E-state index in [9.17, 15) is 5.11 Å². The third kappa shape index (κ3) is 4.20. The Morgan fingerprint density at radius 2 is 2.19 bits per heavy atom. The van der Waals surface area contributed by atoms with E-state index >= 15 is 0 Å². The Morgan fingerprint density at radius 3 is 2.86 bits per heavy atom. The van der Waals surface area contributed by atoms with E-state index in [1.54, 1.807) is 0 Å². The molecule has 0 spiro atoms. The minimum atomic E-state index is -0.291. The van der Waals surface area contributed by atoms with Crippen LogP contribution in [0, 0.1) is 5.92 Å². The van der Waals surface area contributed by atoms with E-state index in [-0.39, 0.29) is 18.1 Å². The predicted molar refractivity (Wildman–Crippen MR) is 86.3 cm³/mol. The molecule has 1 aromatic rings. The van der Waals surface area contributed by atoms with Gasteiger partial charge in [-0.15, -0.1) is 0 Å². The first kappa shape index (κ1) is 15.8. The normalized spacial score (nSPS) is 25.6. The molecular formula is C15H27N5O. The molecule has 1 heterocycles. The first-order chi connectivity index (χ1) is 10.1. The topological polar surface area (TPSA) is 96.1 Å². The number of hydrogen-bond donors (Lipinski definition) is 4. The van der Waals surface area contributed by atoms with Gasteiger partial charge in [-0.2, -0.15) is 9.97 Å². The second kappa shape index (κ2) is 6.93. The molecule has 0 aromatic carbocycles. The van der Waals surface area contributed by atoms with Gasteiger partial charge in [-0.3, -0.25) is 0 Å². The summed E-state index contributed by atoms with van der Waals surface area (Å²) in [4.78, 5) is 8.44. The number of hydrogen-bond acceptors (Lipinski definition) is 6. The van der Waals surface area contributed by atoms with Crippen molar-refractivity contribution in [3.63, 3.8) is 0 Å². The van der Waals surface area contributed by atoms with Gasteiger partial charge in [-0.1, -0.05) is 26.7 Å². The molecule has 2 rings (SSSR count). The van der Waals surface area contributed by atoms with Crippen molar-refractivity contribution in [2.75, 3.05) is 29.5 Å². The number of nitrogens with zero attached hydrogens (tertiary/aromatic N) is 2. The lowest BCUT2D eigenvalue weighted by Crippen LogP contribution is -2.46. The van der Waals surface area contributed by atoms with E-state index < -0.39 is 0 Å². The van der Waals surface area contributed by atoms with Gasteiger partial charge < -0.3 is 21.5 Å². The Balaban J connectivity index is 2.14. The van der Waals surface area contributed by atoms with Gasteiger partial charge in [-0.05, 0) is 25.2 Å². The zero-order chi connectivity index (χ0) is 15.3. The van der Waals surface area contributed by atoms with Crippen molar-refractivity contribution >= 4 is 17.6 Å². The van der Waals surface area contributed by atoms with Gasteiger partial charge >= 0.3 is 0 Å². The van der Waals surface area contributed by atoms with Crippen molar-refractivity contribution in [1.82, 2.24) is 9.97 Å². The lowest BCUT2D eigenvalue weighted by Gasteiger charge is -2.39. The summed E-state index contributed by atoms with van der Waals surface area (Å²) in [6, 6.07) is 1.86. The van der Waals surface area contributed by atoms with Crippen LogP contribution in [0.1, 0.15) is 46.0 Å². The highest BCUT2D eigenvalue weighted by Gasteiger charge is 2.34. The fraction of sp³-hybridized carbons (Fsp3) is 0.733. The van der Waals surface area contributed by atoms with E-state index in [1.165, 1.54) is 6.42 Å². The Labute approximate surface area is 126 Å². The minimum Gasteiger partial charge on any atom is -0.394 e. The summed E-state index contributed by atoms with van der Waals surface area (Å²) in [5, 5.41) is 16.5. The third-order valence-electron chi connectivity index (χ3n) is 4.09. The van der Waals surface area contributed by atoms with Gasteiger partial charge in [0, 0.05) is 12.6 Å². The van der Waals surface area contributed by atoms with E-state index in [2.05, 4.69) is 34.4 Å². The van der Waals surface area contributed by atoms with E-state index in [1.807, 2.05) is 6.07 Å². The van der Waals surface area contributed by atoms with Gasteiger partial charge in [-0.25, -0.2) is 0 Å². The summed E-state index contributed by atoms with van der Waals surface area (Å²) < 4.78 is 0. The van der Waals surface area contributed by atoms with Crippen molar-refractivity contribution in [1.29, 1.82) is 0 Å². The van der Waals surface area contributed by atoms with Crippen LogP contribution >= 0.6 is 0 Å². The zero-order valence-corrected chi connectivity index (χ0v) is 13.0. The number of rotatable bonds is 6. The molecule has 1 aliphatic carbocycles. The van der Waals surface area contributed by atoms with Crippen LogP contribution in [0.15, 0.2) is 6.07 Å². The fourth-order valence-electron chi connectivity index (χ4n) is 3.10. The van der Waals surface area contributed by atoms with Crippen LogP contribution in [0.4, 0.5) is 17.6 Å². The number of nitrogen functional groups attached to an aromatic ring is 1. The Kier molecular flexibility index (Phi) is 5.22. The monoisotopic (exact) mass is 293 g/mol. The molecule has 118 valence electrons. The third-order valence-corrected chi connectivity index (χ3v) is 4.09. The van der Waals surface area contributed by atoms with E-state index in [4.69, 9.17) is 5.73 Å². The molecule has 1 aromatic heterocycles. The minimum absolute atomic E-state index is 0.110. The van der Waals surface area contributed by atoms with Crippen LogP contribution in [0.2, 0.25) is 0 Å².